The number of rotatable bonds is 8. The first kappa shape index (κ1) is 20.5. The van der Waals surface area contributed by atoms with Crippen molar-refractivity contribution < 1.29 is 13.2 Å². The second kappa shape index (κ2) is 10.4. The van der Waals surface area contributed by atoms with E-state index in [1.807, 2.05) is 61.5 Å². The summed E-state index contributed by atoms with van der Waals surface area (Å²) in [6.45, 7) is 5.92. The van der Waals surface area contributed by atoms with Gasteiger partial charge in [0.05, 0.1) is 6.54 Å². The van der Waals surface area contributed by atoms with Crippen molar-refractivity contribution >= 4 is 16.1 Å². The minimum absolute atomic E-state index is 0.0260. The Kier molecular flexibility index (Phi) is 7.87. The third-order valence-corrected chi connectivity index (χ3v) is 4.68. The monoisotopic (exact) mass is 381 g/mol. The molecule has 0 aliphatic heterocycles. The second-order valence-electron chi connectivity index (χ2n) is 5.82. The maximum Gasteiger partial charge on any atom is 0.234 e. The maximum absolute atomic E-state index is 11.9. The van der Waals surface area contributed by atoms with Gasteiger partial charge in [0.1, 0.15) is 12.4 Å². The van der Waals surface area contributed by atoms with E-state index in [9.17, 15) is 8.42 Å². The third-order valence-electron chi connectivity index (χ3n) is 3.64. The van der Waals surface area contributed by atoms with Crippen LogP contribution in [0.25, 0.3) is 6.08 Å². The highest BCUT2D eigenvalue weighted by Crippen LogP contribution is 2.18. The van der Waals surface area contributed by atoms with Gasteiger partial charge >= 0.3 is 0 Å². The van der Waals surface area contributed by atoms with Crippen molar-refractivity contribution in [2.24, 2.45) is 0 Å². The van der Waals surface area contributed by atoms with E-state index in [0.29, 0.717) is 0 Å². The van der Waals surface area contributed by atoms with Crippen LogP contribution in [-0.4, -0.2) is 21.6 Å². The zero-order valence-corrected chi connectivity index (χ0v) is 16.1. The fourth-order valence-electron chi connectivity index (χ4n) is 2.23. The molecule has 0 radical (unpaired) electrons. The third kappa shape index (κ3) is 7.53. The van der Waals surface area contributed by atoms with Gasteiger partial charge in [-0.3, -0.25) is 0 Å². The van der Waals surface area contributed by atoms with E-state index in [1.165, 1.54) is 0 Å². The summed E-state index contributed by atoms with van der Waals surface area (Å²) in [5.41, 5.74) is 2.98. The molecular weight excluding hydrogens is 358 g/mol. The highest BCUT2D eigenvalue weighted by atomic mass is 32.2. The first-order valence-electron chi connectivity index (χ1n) is 8.52. The summed E-state index contributed by atoms with van der Waals surface area (Å²) in [6.07, 6.45) is 4.08. The summed E-state index contributed by atoms with van der Waals surface area (Å²) < 4.78 is 31.9. The Morgan fingerprint density at radius 3 is 2.59 bits per heavy atom. The van der Waals surface area contributed by atoms with Gasteiger partial charge in [-0.2, -0.15) is 4.72 Å². The molecule has 140 valence electrons. The van der Waals surface area contributed by atoms with Crippen LogP contribution in [0.1, 0.15) is 16.7 Å². The molecule has 0 unspecified atom stereocenters. The molecule has 4 nitrogen and oxygen atoms in total. The van der Waals surface area contributed by atoms with E-state index in [2.05, 4.69) is 23.1 Å². The van der Waals surface area contributed by atoms with Gasteiger partial charge in [0.25, 0.3) is 0 Å². The van der Waals surface area contributed by atoms with E-state index in [4.69, 9.17) is 4.74 Å². The lowest BCUT2D eigenvalue weighted by molar-refractivity contribution is 0.366. The number of para-hydroxylation sites is 1. The Hall–Kier alpha value is -2.81. The van der Waals surface area contributed by atoms with Gasteiger partial charge in [0.2, 0.25) is 10.0 Å². The van der Waals surface area contributed by atoms with E-state index in [0.717, 1.165) is 34.3 Å². The number of benzene rings is 2. The molecule has 0 bridgehead atoms. The average molecular weight is 381 g/mol. The van der Waals surface area contributed by atoms with Gasteiger partial charge in [-0.05, 0) is 36.6 Å². The van der Waals surface area contributed by atoms with Gasteiger partial charge in [-0.1, -0.05) is 65.9 Å². The number of allylic oxidation sites excluding steroid dienone is 1. The molecule has 0 aliphatic rings. The molecule has 0 spiro atoms. The largest absolute Gasteiger partial charge is 0.481 e. The Labute approximate surface area is 161 Å². The van der Waals surface area contributed by atoms with Crippen molar-refractivity contribution in [2.45, 2.75) is 13.3 Å². The molecule has 2 aromatic carbocycles. The van der Waals surface area contributed by atoms with Crippen LogP contribution < -0.4 is 9.46 Å². The van der Waals surface area contributed by atoms with Gasteiger partial charge in [0, 0.05) is 5.41 Å². The number of ether oxygens (including phenoxy) is 1. The molecular formula is C22H23NO3S. The van der Waals surface area contributed by atoms with Crippen LogP contribution in [-0.2, 0) is 16.4 Å². The summed E-state index contributed by atoms with van der Waals surface area (Å²) >= 11 is 0. The van der Waals surface area contributed by atoms with Crippen molar-refractivity contribution in [3.63, 3.8) is 0 Å². The minimum Gasteiger partial charge on any atom is -0.481 e. The van der Waals surface area contributed by atoms with E-state index >= 15 is 0 Å². The molecule has 0 aromatic heterocycles. The number of aryl methyl sites for hydroxylation is 1. The number of hydrogen-bond acceptors (Lipinski definition) is 3. The quantitative estimate of drug-likeness (QED) is 0.560. The molecule has 0 heterocycles. The molecule has 0 amide bonds. The molecule has 0 saturated carbocycles. The summed E-state index contributed by atoms with van der Waals surface area (Å²) in [5.74, 6) is 6.31. The minimum atomic E-state index is -3.53. The Morgan fingerprint density at radius 1 is 1.11 bits per heavy atom. The molecule has 5 heteroatoms. The number of hydrogen-bond donors (Lipinski definition) is 1. The van der Waals surface area contributed by atoms with Crippen molar-refractivity contribution in [2.75, 3.05) is 13.2 Å². The lowest BCUT2D eigenvalue weighted by atomic mass is 10.1. The highest BCUT2D eigenvalue weighted by Gasteiger charge is 2.02. The fourth-order valence-corrected chi connectivity index (χ4v) is 2.93. The predicted molar refractivity (Wildman–Crippen MR) is 111 cm³/mol. The van der Waals surface area contributed by atoms with E-state index in [1.54, 1.807) is 6.08 Å². The molecule has 0 saturated heterocycles. The van der Waals surface area contributed by atoms with Crippen LogP contribution in [0.3, 0.4) is 0 Å². The summed E-state index contributed by atoms with van der Waals surface area (Å²) in [6, 6.07) is 15.3. The SMILES string of the molecule is C=CCc1ccccc1OCC#CCNS(=O)(=O)/C=C/c1ccc(C)cc1. The Bertz CT molecular complexity index is 949. The van der Waals surface area contributed by atoms with E-state index in [-0.39, 0.29) is 13.2 Å². The van der Waals surface area contributed by atoms with E-state index < -0.39 is 10.0 Å². The number of nitrogens with one attached hydrogen (secondary N) is 1. The van der Waals surface area contributed by atoms with Gasteiger partial charge in [-0.25, -0.2) is 8.42 Å². The molecule has 2 aromatic rings. The molecule has 0 fully saturated rings. The van der Waals surface area contributed by atoms with Gasteiger partial charge in [-0.15, -0.1) is 6.58 Å². The fraction of sp³-hybridized carbons (Fsp3) is 0.182. The van der Waals surface area contributed by atoms with Crippen LogP contribution in [0.15, 0.2) is 66.6 Å². The van der Waals surface area contributed by atoms with Crippen molar-refractivity contribution in [3.8, 4) is 17.6 Å². The highest BCUT2D eigenvalue weighted by molar-refractivity contribution is 7.92. The topological polar surface area (TPSA) is 55.4 Å². The maximum atomic E-state index is 11.9. The average Bonchev–Trinajstić information content (AvgIpc) is 2.65. The molecule has 27 heavy (non-hydrogen) atoms. The number of sulfonamides is 1. The van der Waals surface area contributed by atoms with Gasteiger partial charge < -0.3 is 4.74 Å². The Morgan fingerprint density at radius 2 is 1.85 bits per heavy atom. The van der Waals surface area contributed by atoms with Crippen LogP contribution in [0.4, 0.5) is 0 Å². The summed E-state index contributed by atoms with van der Waals surface area (Å²) in [4.78, 5) is 0. The van der Waals surface area contributed by atoms with Crippen molar-refractivity contribution in [3.05, 3.63) is 83.3 Å². The van der Waals surface area contributed by atoms with Crippen molar-refractivity contribution in [1.82, 2.24) is 4.72 Å². The van der Waals surface area contributed by atoms with Crippen LogP contribution in [0, 0.1) is 18.8 Å². The first-order chi connectivity index (χ1) is 13.0. The molecule has 2 rings (SSSR count). The molecule has 1 N–H and O–H groups in total. The predicted octanol–water partition coefficient (Wildman–Crippen LogP) is 3.70. The van der Waals surface area contributed by atoms with Crippen LogP contribution >= 0.6 is 0 Å². The molecule has 0 atom stereocenters. The normalized spacial score (nSPS) is 11.0. The summed E-state index contributed by atoms with van der Waals surface area (Å²) in [5, 5.41) is 1.14. The smallest absolute Gasteiger partial charge is 0.234 e. The van der Waals surface area contributed by atoms with Gasteiger partial charge in [0.15, 0.2) is 0 Å². The molecule has 0 aliphatic carbocycles. The standard InChI is InChI=1S/C22H23NO3S/c1-3-8-21-9-4-5-10-22(21)26-17-7-6-16-23-27(24,25)18-15-20-13-11-19(2)12-14-20/h3-5,9-15,18,23H,1,8,16-17H2,2H3/b18-15+. The first-order valence-corrected chi connectivity index (χ1v) is 10.1. The zero-order chi connectivity index (χ0) is 19.5. The second-order valence-corrected chi connectivity index (χ2v) is 7.47. The van der Waals surface area contributed by atoms with Crippen molar-refractivity contribution in [1.29, 1.82) is 0 Å². The lowest BCUT2D eigenvalue weighted by Crippen LogP contribution is -2.21. The van der Waals surface area contributed by atoms with Crippen LogP contribution in [0.5, 0.6) is 5.75 Å². The summed E-state index contributed by atoms with van der Waals surface area (Å²) in [7, 11) is -3.53. The lowest BCUT2D eigenvalue weighted by Gasteiger charge is -2.07. The van der Waals surface area contributed by atoms with Crippen LogP contribution in [0.2, 0.25) is 0 Å². The Balaban J connectivity index is 1.80. The zero-order valence-electron chi connectivity index (χ0n) is 15.3.